The molecular formula is C9H15Cl. The Kier molecular flexibility index (Phi) is 3.89. The normalized spacial score (nSPS) is 31.9. The molecule has 1 aliphatic carbocycles. The maximum atomic E-state index is 5.98. The van der Waals surface area contributed by atoms with Crippen molar-refractivity contribution in [3.05, 3.63) is 12.2 Å². The Labute approximate surface area is 68.3 Å². The third-order valence-electron chi connectivity index (χ3n) is 1.95. The Morgan fingerprint density at radius 1 is 1.10 bits per heavy atom. The monoisotopic (exact) mass is 158 g/mol. The van der Waals surface area contributed by atoms with E-state index in [2.05, 4.69) is 12.2 Å². The molecule has 0 N–H and O–H groups in total. The average molecular weight is 159 g/mol. The van der Waals surface area contributed by atoms with Crippen LogP contribution in [0.2, 0.25) is 0 Å². The smallest absolute Gasteiger partial charge is 0.0516 e. The number of hydrogen-bond acceptors (Lipinski definition) is 0. The van der Waals surface area contributed by atoms with Crippen LogP contribution in [0, 0.1) is 0 Å². The molecule has 0 aromatic rings. The fourth-order valence-electron chi connectivity index (χ4n) is 1.30. The molecule has 1 rings (SSSR count). The van der Waals surface area contributed by atoms with E-state index < -0.39 is 0 Å². The van der Waals surface area contributed by atoms with Crippen LogP contribution in [0.1, 0.15) is 38.5 Å². The first-order chi connectivity index (χ1) is 4.89. The van der Waals surface area contributed by atoms with E-state index in [4.69, 9.17) is 11.6 Å². The summed E-state index contributed by atoms with van der Waals surface area (Å²) in [5, 5.41) is 0.304. The molecule has 0 heterocycles. The molecule has 58 valence electrons. The highest BCUT2D eigenvalue weighted by molar-refractivity contribution is 6.21. The standard InChI is InChI=1S/C9H15Cl/c10-9-7-5-3-1-2-4-6-8-9/h5,7,9H,1-4,6,8H2/b7-5-. The summed E-state index contributed by atoms with van der Waals surface area (Å²) in [7, 11) is 0. The third-order valence-corrected chi connectivity index (χ3v) is 2.31. The van der Waals surface area contributed by atoms with Crippen molar-refractivity contribution in [2.24, 2.45) is 0 Å². The molecule has 0 spiro atoms. The van der Waals surface area contributed by atoms with Crippen LogP contribution in [0.4, 0.5) is 0 Å². The maximum absolute atomic E-state index is 5.98. The van der Waals surface area contributed by atoms with Crippen molar-refractivity contribution in [1.29, 1.82) is 0 Å². The Morgan fingerprint density at radius 3 is 2.80 bits per heavy atom. The fraction of sp³-hybridized carbons (Fsp3) is 0.778. The summed E-state index contributed by atoms with van der Waals surface area (Å²) in [4.78, 5) is 0. The molecule has 0 radical (unpaired) electrons. The van der Waals surface area contributed by atoms with E-state index in [0.717, 1.165) is 6.42 Å². The zero-order chi connectivity index (χ0) is 7.23. The molecule has 0 amide bonds. The van der Waals surface area contributed by atoms with Crippen molar-refractivity contribution in [3.63, 3.8) is 0 Å². The fourth-order valence-corrected chi connectivity index (χ4v) is 1.55. The summed E-state index contributed by atoms with van der Waals surface area (Å²) in [6.45, 7) is 0. The Bertz CT molecular complexity index is 107. The number of rotatable bonds is 0. The Hall–Kier alpha value is 0.0300. The molecule has 10 heavy (non-hydrogen) atoms. The summed E-state index contributed by atoms with van der Waals surface area (Å²) < 4.78 is 0. The molecule has 1 unspecified atom stereocenters. The minimum Gasteiger partial charge on any atom is -0.118 e. The first-order valence-corrected chi connectivity index (χ1v) is 4.64. The van der Waals surface area contributed by atoms with Crippen LogP contribution in [0.3, 0.4) is 0 Å². The zero-order valence-corrected chi connectivity index (χ0v) is 7.11. The summed E-state index contributed by atoms with van der Waals surface area (Å²) >= 11 is 5.98. The highest BCUT2D eigenvalue weighted by Gasteiger charge is 2.00. The van der Waals surface area contributed by atoms with Gasteiger partial charge in [-0.2, -0.15) is 0 Å². The molecule has 1 heteroatoms. The van der Waals surface area contributed by atoms with E-state index in [1.165, 1.54) is 32.1 Å². The van der Waals surface area contributed by atoms with Crippen LogP contribution < -0.4 is 0 Å². The summed E-state index contributed by atoms with van der Waals surface area (Å²) in [5.41, 5.74) is 0. The van der Waals surface area contributed by atoms with Gasteiger partial charge in [0.2, 0.25) is 0 Å². The van der Waals surface area contributed by atoms with Gasteiger partial charge in [-0.15, -0.1) is 11.6 Å². The van der Waals surface area contributed by atoms with E-state index in [1.807, 2.05) is 0 Å². The first kappa shape index (κ1) is 8.13. The van der Waals surface area contributed by atoms with Crippen molar-refractivity contribution in [2.75, 3.05) is 0 Å². The minimum absolute atomic E-state index is 0.304. The molecule has 0 saturated heterocycles. The topological polar surface area (TPSA) is 0 Å². The predicted molar refractivity (Wildman–Crippen MR) is 46.5 cm³/mol. The van der Waals surface area contributed by atoms with Gasteiger partial charge < -0.3 is 0 Å². The number of allylic oxidation sites excluding steroid dienone is 2. The second-order valence-corrected chi connectivity index (χ2v) is 3.50. The molecular weight excluding hydrogens is 144 g/mol. The first-order valence-electron chi connectivity index (χ1n) is 4.20. The number of halogens is 1. The lowest BCUT2D eigenvalue weighted by Gasteiger charge is -2.00. The number of alkyl halides is 1. The lowest BCUT2D eigenvalue weighted by atomic mass is 10.1. The van der Waals surface area contributed by atoms with Crippen molar-refractivity contribution < 1.29 is 0 Å². The second-order valence-electron chi connectivity index (χ2n) is 2.94. The van der Waals surface area contributed by atoms with Crippen LogP contribution in [0.25, 0.3) is 0 Å². The van der Waals surface area contributed by atoms with Gasteiger partial charge in [0.05, 0.1) is 5.38 Å². The van der Waals surface area contributed by atoms with Gasteiger partial charge in [-0.3, -0.25) is 0 Å². The van der Waals surface area contributed by atoms with Gasteiger partial charge in [-0.25, -0.2) is 0 Å². The van der Waals surface area contributed by atoms with Gasteiger partial charge in [-0.05, 0) is 19.3 Å². The molecule has 0 aromatic carbocycles. The van der Waals surface area contributed by atoms with Crippen LogP contribution >= 0.6 is 11.6 Å². The van der Waals surface area contributed by atoms with Crippen molar-refractivity contribution >= 4 is 11.6 Å². The van der Waals surface area contributed by atoms with Crippen LogP contribution in [-0.4, -0.2) is 5.38 Å². The lowest BCUT2D eigenvalue weighted by Crippen LogP contribution is -1.91. The highest BCUT2D eigenvalue weighted by Crippen LogP contribution is 2.15. The molecule has 0 aromatic heterocycles. The Balaban J connectivity index is 2.28. The quantitative estimate of drug-likeness (QED) is 0.374. The van der Waals surface area contributed by atoms with Gasteiger partial charge in [-0.1, -0.05) is 31.4 Å². The zero-order valence-electron chi connectivity index (χ0n) is 6.35. The van der Waals surface area contributed by atoms with Gasteiger partial charge in [0.15, 0.2) is 0 Å². The van der Waals surface area contributed by atoms with Crippen molar-refractivity contribution in [3.8, 4) is 0 Å². The maximum Gasteiger partial charge on any atom is 0.0516 e. The molecule has 1 atom stereocenters. The predicted octanol–water partition coefficient (Wildman–Crippen LogP) is 3.50. The highest BCUT2D eigenvalue weighted by atomic mass is 35.5. The van der Waals surface area contributed by atoms with Gasteiger partial charge in [0, 0.05) is 0 Å². The largest absolute Gasteiger partial charge is 0.118 e. The van der Waals surface area contributed by atoms with Gasteiger partial charge in [0.25, 0.3) is 0 Å². The van der Waals surface area contributed by atoms with Crippen LogP contribution in [-0.2, 0) is 0 Å². The van der Waals surface area contributed by atoms with E-state index >= 15 is 0 Å². The molecule has 0 fully saturated rings. The lowest BCUT2D eigenvalue weighted by molar-refractivity contribution is 0.634. The minimum atomic E-state index is 0.304. The van der Waals surface area contributed by atoms with Gasteiger partial charge in [0.1, 0.15) is 0 Å². The Morgan fingerprint density at radius 2 is 1.90 bits per heavy atom. The third kappa shape index (κ3) is 3.26. The van der Waals surface area contributed by atoms with Crippen molar-refractivity contribution in [1.82, 2.24) is 0 Å². The second kappa shape index (κ2) is 4.79. The van der Waals surface area contributed by atoms with E-state index in [1.54, 1.807) is 0 Å². The molecule has 0 nitrogen and oxygen atoms in total. The number of hydrogen-bond donors (Lipinski definition) is 0. The summed E-state index contributed by atoms with van der Waals surface area (Å²) in [5.74, 6) is 0. The van der Waals surface area contributed by atoms with Crippen LogP contribution in [0.15, 0.2) is 12.2 Å². The van der Waals surface area contributed by atoms with E-state index in [-0.39, 0.29) is 0 Å². The summed E-state index contributed by atoms with van der Waals surface area (Å²) in [6.07, 6.45) is 12.2. The van der Waals surface area contributed by atoms with E-state index in [9.17, 15) is 0 Å². The van der Waals surface area contributed by atoms with Crippen LogP contribution in [0.5, 0.6) is 0 Å². The average Bonchev–Trinajstić information content (AvgIpc) is 2.02. The van der Waals surface area contributed by atoms with E-state index in [0.29, 0.717) is 5.38 Å². The SMILES string of the molecule is ClC1/C=C\CCCCCC1. The molecule has 0 saturated carbocycles. The van der Waals surface area contributed by atoms with Gasteiger partial charge >= 0.3 is 0 Å². The van der Waals surface area contributed by atoms with Crippen molar-refractivity contribution in [2.45, 2.75) is 43.9 Å². The molecule has 0 aliphatic heterocycles. The molecule has 1 aliphatic rings. The molecule has 0 bridgehead atoms. The summed E-state index contributed by atoms with van der Waals surface area (Å²) in [6, 6.07) is 0.